The maximum absolute atomic E-state index is 13.7. The molecule has 1 aromatic carbocycles. The zero-order valence-electron chi connectivity index (χ0n) is 10.3. The number of halogens is 2. The van der Waals surface area contributed by atoms with Gasteiger partial charge in [0.05, 0.1) is 11.5 Å². The van der Waals surface area contributed by atoms with E-state index in [1.165, 1.54) is 17.0 Å². The number of carbonyl (C=O) groups is 2. The standard InChI is InChI=1S/C13H13BrFNO3/c1-7-5-16(6-8(7)13(18)19)12(17)11-9(14)3-2-4-10(11)15/h2-4,7-8H,5-6H2,1H3,(H,18,19). The highest BCUT2D eigenvalue weighted by molar-refractivity contribution is 9.10. The van der Waals surface area contributed by atoms with Gasteiger partial charge in [-0.2, -0.15) is 0 Å². The first-order valence-corrected chi connectivity index (χ1v) is 6.67. The Hall–Kier alpha value is -1.43. The van der Waals surface area contributed by atoms with E-state index in [-0.39, 0.29) is 18.0 Å². The van der Waals surface area contributed by atoms with Crippen LogP contribution in [0.1, 0.15) is 17.3 Å². The number of hydrogen-bond acceptors (Lipinski definition) is 2. The van der Waals surface area contributed by atoms with E-state index in [2.05, 4.69) is 15.9 Å². The van der Waals surface area contributed by atoms with Crippen LogP contribution in [0.25, 0.3) is 0 Å². The molecule has 0 spiro atoms. The summed E-state index contributed by atoms with van der Waals surface area (Å²) in [5.41, 5.74) is -0.0410. The van der Waals surface area contributed by atoms with Crippen LogP contribution in [0, 0.1) is 17.7 Å². The number of hydrogen-bond donors (Lipinski definition) is 1. The number of amides is 1. The first kappa shape index (κ1) is 14.0. The van der Waals surface area contributed by atoms with Crippen molar-refractivity contribution in [3.05, 3.63) is 34.1 Å². The molecule has 2 rings (SSSR count). The Kier molecular flexibility index (Phi) is 3.89. The lowest BCUT2D eigenvalue weighted by Gasteiger charge is -2.17. The molecule has 1 aliphatic rings. The van der Waals surface area contributed by atoms with Crippen molar-refractivity contribution in [2.45, 2.75) is 6.92 Å². The van der Waals surface area contributed by atoms with Crippen LogP contribution in [0.3, 0.4) is 0 Å². The number of likely N-dealkylation sites (tertiary alicyclic amines) is 1. The number of carbonyl (C=O) groups excluding carboxylic acids is 1. The second-order valence-electron chi connectivity index (χ2n) is 4.73. The van der Waals surface area contributed by atoms with Gasteiger partial charge in [-0.05, 0) is 34.0 Å². The largest absolute Gasteiger partial charge is 0.481 e. The summed E-state index contributed by atoms with van der Waals surface area (Å²) in [6.07, 6.45) is 0. The lowest BCUT2D eigenvalue weighted by Crippen LogP contribution is -2.30. The highest BCUT2D eigenvalue weighted by Gasteiger charge is 2.38. The van der Waals surface area contributed by atoms with E-state index >= 15 is 0 Å². The van der Waals surface area contributed by atoms with Crippen molar-refractivity contribution < 1.29 is 19.1 Å². The predicted octanol–water partition coefficient (Wildman–Crippen LogP) is 2.38. The molecule has 1 N–H and O–H groups in total. The van der Waals surface area contributed by atoms with Crippen molar-refractivity contribution in [2.75, 3.05) is 13.1 Å². The molecule has 1 heterocycles. The number of carboxylic acids is 1. The topological polar surface area (TPSA) is 57.6 Å². The normalized spacial score (nSPS) is 22.6. The van der Waals surface area contributed by atoms with Crippen LogP contribution >= 0.6 is 15.9 Å². The van der Waals surface area contributed by atoms with E-state index < -0.39 is 23.6 Å². The van der Waals surface area contributed by atoms with Crippen molar-refractivity contribution in [3.63, 3.8) is 0 Å². The minimum atomic E-state index is -0.921. The Bertz CT molecular complexity index is 514. The van der Waals surface area contributed by atoms with E-state index in [9.17, 15) is 14.0 Å². The molecule has 0 aliphatic carbocycles. The Morgan fingerprint density at radius 1 is 1.42 bits per heavy atom. The minimum absolute atomic E-state index is 0.0410. The zero-order chi connectivity index (χ0) is 14.2. The van der Waals surface area contributed by atoms with Gasteiger partial charge in [0, 0.05) is 17.6 Å². The van der Waals surface area contributed by atoms with Gasteiger partial charge in [-0.3, -0.25) is 9.59 Å². The van der Waals surface area contributed by atoms with E-state index in [1.807, 2.05) is 0 Å². The van der Waals surface area contributed by atoms with E-state index in [0.717, 1.165) is 0 Å². The summed E-state index contributed by atoms with van der Waals surface area (Å²) < 4.78 is 14.1. The van der Waals surface area contributed by atoms with Crippen molar-refractivity contribution >= 4 is 27.8 Å². The number of benzene rings is 1. The fourth-order valence-electron chi connectivity index (χ4n) is 2.31. The maximum Gasteiger partial charge on any atom is 0.308 e. The molecule has 1 aromatic rings. The molecule has 1 aliphatic heterocycles. The highest BCUT2D eigenvalue weighted by Crippen LogP contribution is 2.27. The van der Waals surface area contributed by atoms with Gasteiger partial charge < -0.3 is 10.0 Å². The molecule has 2 atom stereocenters. The smallest absolute Gasteiger partial charge is 0.308 e. The first-order valence-electron chi connectivity index (χ1n) is 5.88. The molecule has 0 radical (unpaired) electrons. The fourth-order valence-corrected chi connectivity index (χ4v) is 2.83. The van der Waals surface area contributed by atoms with Gasteiger partial charge in [-0.25, -0.2) is 4.39 Å². The molecule has 0 bridgehead atoms. The molecule has 1 saturated heterocycles. The van der Waals surface area contributed by atoms with E-state index in [0.29, 0.717) is 11.0 Å². The quantitative estimate of drug-likeness (QED) is 0.906. The first-order chi connectivity index (χ1) is 8.91. The third-order valence-electron chi connectivity index (χ3n) is 3.39. The van der Waals surface area contributed by atoms with Crippen LogP contribution < -0.4 is 0 Å². The summed E-state index contributed by atoms with van der Waals surface area (Å²) in [6.45, 7) is 2.23. The van der Waals surface area contributed by atoms with Gasteiger partial charge in [0.25, 0.3) is 5.91 Å². The van der Waals surface area contributed by atoms with Crippen LogP contribution in [-0.2, 0) is 4.79 Å². The zero-order valence-corrected chi connectivity index (χ0v) is 11.9. The lowest BCUT2D eigenvalue weighted by molar-refractivity contribution is -0.142. The maximum atomic E-state index is 13.7. The van der Waals surface area contributed by atoms with Crippen LogP contribution in [0.15, 0.2) is 22.7 Å². The summed E-state index contributed by atoms with van der Waals surface area (Å²) in [4.78, 5) is 24.7. The summed E-state index contributed by atoms with van der Waals surface area (Å²) in [5.74, 6) is -2.72. The second kappa shape index (κ2) is 5.28. The second-order valence-corrected chi connectivity index (χ2v) is 5.58. The van der Waals surface area contributed by atoms with Gasteiger partial charge in [-0.15, -0.1) is 0 Å². The predicted molar refractivity (Wildman–Crippen MR) is 70.3 cm³/mol. The summed E-state index contributed by atoms with van der Waals surface area (Å²) >= 11 is 3.15. The van der Waals surface area contributed by atoms with Crippen molar-refractivity contribution in [1.29, 1.82) is 0 Å². The van der Waals surface area contributed by atoms with Crippen LogP contribution in [0.2, 0.25) is 0 Å². The molecule has 0 saturated carbocycles. The minimum Gasteiger partial charge on any atom is -0.481 e. The van der Waals surface area contributed by atoms with Gasteiger partial charge >= 0.3 is 5.97 Å². The molecule has 102 valence electrons. The average molecular weight is 330 g/mol. The van der Waals surface area contributed by atoms with Crippen molar-refractivity contribution in [3.8, 4) is 0 Å². The third-order valence-corrected chi connectivity index (χ3v) is 4.05. The van der Waals surface area contributed by atoms with Crippen LogP contribution in [-0.4, -0.2) is 35.0 Å². The monoisotopic (exact) mass is 329 g/mol. The third kappa shape index (κ3) is 2.63. The molecule has 6 heteroatoms. The highest BCUT2D eigenvalue weighted by atomic mass is 79.9. The van der Waals surface area contributed by atoms with Gasteiger partial charge in [0.2, 0.25) is 0 Å². The number of rotatable bonds is 2. The SMILES string of the molecule is CC1CN(C(=O)c2c(F)cccc2Br)CC1C(=O)O. The molecule has 1 fully saturated rings. The molecule has 19 heavy (non-hydrogen) atoms. The fraction of sp³-hybridized carbons (Fsp3) is 0.385. The number of carboxylic acid groups (broad SMARTS) is 1. The van der Waals surface area contributed by atoms with E-state index in [1.54, 1.807) is 13.0 Å². The summed E-state index contributed by atoms with van der Waals surface area (Å²) in [5, 5.41) is 9.04. The Labute approximate surface area is 118 Å². The summed E-state index contributed by atoms with van der Waals surface area (Å²) in [6, 6.07) is 4.31. The molecular weight excluding hydrogens is 317 g/mol. The van der Waals surface area contributed by atoms with E-state index in [4.69, 9.17) is 5.11 Å². The Balaban J connectivity index is 2.25. The van der Waals surface area contributed by atoms with Crippen molar-refractivity contribution in [1.82, 2.24) is 4.90 Å². The van der Waals surface area contributed by atoms with Crippen molar-refractivity contribution in [2.24, 2.45) is 11.8 Å². The number of aliphatic carboxylic acids is 1. The summed E-state index contributed by atoms with van der Waals surface area (Å²) in [7, 11) is 0. The molecule has 0 aromatic heterocycles. The van der Waals surface area contributed by atoms with Crippen LogP contribution in [0.5, 0.6) is 0 Å². The van der Waals surface area contributed by atoms with Gasteiger partial charge in [0.1, 0.15) is 5.82 Å². The molecule has 1 amide bonds. The van der Waals surface area contributed by atoms with Gasteiger partial charge in [0.15, 0.2) is 0 Å². The van der Waals surface area contributed by atoms with Crippen LogP contribution in [0.4, 0.5) is 4.39 Å². The Morgan fingerprint density at radius 3 is 2.63 bits per heavy atom. The number of nitrogens with zero attached hydrogens (tertiary/aromatic N) is 1. The van der Waals surface area contributed by atoms with Gasteiger partial charge in [-0.1, -0.05) is 13.0 Å². The Morgan fingerprint density at radius 2 is 2.11 bits per heavy atom. The average Bonchev–Trinajstić information content (AvgIpc) is 2.71. The molecule has 4 nitrogen and oxygen atoms in total. The lowest BCUT2D eigenvalue weighted by atomic mass is 9.99. The molecular formula is C13H13BrFNO3. The molecule has 2 unspecified atom stereocenters.